The number of nitrogens with one attached hydrogen (secondary N) is 1. The van der Waals surface area contributed by atoms with Crippen LogP contribution >= 0.6 is 11.8 Å². The van der Waals surface area contributed by atoms with Gasteiger partial charge in [0.15, 0.2) is 0 Å². The van der Waals surface area contributed by atoms with Crippen molar-refractivity contribution in [3.63, 3.8) is 0 Å². The van der Waals surface area contributed by atoms with Crippen molar-refractivity contribution in [1.82, 2.24) is 5.32 Å². The minimum Gasteiger partial charge on any atom is -0.492 e. The van der Waals surface area contributed by atoms with Crippen LogP contribution in [-0.2, 0) is 0 Å². The Bertz CT molecular complexity index is 235. The highest BCUT2D eigenvalue weighted by Crippen LogP contribution is 2.18. The summed E-state index contributed by atoms with van der Waals surface area (Å²) in [6.07, 6.45) is 2.07. The van der Waals surface area contributed by atoms with Crippen LogP contribution in [0.1, 0.15) is 0 Å². The first kappa shape index (κ1) is 10.4. The predicted molar refractivity (Wildman–Crippen MR) is 57.6 cm³/mol. The molecule has 0 aliphatic carbocycles. The Morgan fingerprint density at radius 2 is 2.00 bits per heavy atom. The number of hydrogen-bond donors (Lipinski definition) is 1. The fourth-order valence-corrected chi connectivity index (χ4v) is 1.35. The normalized spacial score (nSPS) is 10.0. The Morgan fingerprint density at radius 1 is 1.31 bits per heavy atom. The molecule has 13 heavy (non-hydrogen) atoms. The number of thioether (sulfide) groups is 1. The van der Waals surface area contributed by atoms with E-state index in [1.165, 1.54) is 4.90 Å². The Morgan fingerprint density at radius 3 is 2.54 bits per heavy atom. The monoisotopic (exact) mass is 197 g/mol. The maximum absolute atomic E-state index is 5.47. The van der Waals surface area contributed by atoms with E-state index < -0.39 is 0 Å². The molecule has 0 saturated carbocycles. The zero-order valence-corrected chi connectivity index (χ0v) is 8.86. The van der Waals surface area contributed by atoms with E-state index in [4.69, 9.17) is 4.74 Å². The highest BCUT2D eigenvalue weighted by molar-refractivity contribution is 7.98. The van der Waals surface area contributed by atoms with Crippen molar-refractivity contribution in [1.29, 1.82) is 0 Å². The second-order valence-electron chi connectivity index (χ2n) is 2.63. The van der Waals surface area contributed by atoms with Crippen LogP contribution in [0.15, 0.2) is 29.2 Å². The standard InChI is InChI=1S/C10H15NOS/c1-11-7-8-12-9-3-5-10(13-2)6-4-9/h3-6,11H,7-8H2,1-2H3. The first-order valence-corrected chi connectivity index (χ1v) is 5.50. The van der Waals surface area contributed by atoms with E-state index in [0.29, 0.717) is 0 Å². The van der Waals surface area contributed by atoms with Crippen molar-refractivity contribution >= 4 is 11.8 Å². The SMILES string of the molecule is CNCCOc1ccc(SC)cc1. The number of benzene rings is 1. The summed E-state index contributed by atoms with van der Waals surface area (Å²) < 4.78 is 5.47. The molecule has 0 spiro atoms. The molecule has 1 N–H and O–H groups in total. The Labute approximate surface area is 83.7 Å². The number of likely N-dealkylation sites (N-methyl/N-ethyl adjacent to an activating group) is 1. The summed E-state index contributed by atoms with van der Waals surface area (Å²) in [7, 11) is 1.92. The van der Waals surface area contributed by atoms with Crippen LogP contribution in [0, 0.1) is 0 Å². The summed E-state index contributed by atoms with van der Waals surface area (Å²) in [4.78, 5) is 1.26. The van der Waals surface area contributed by atoms with E-state index in [1.54, 1.807) is 11.8 Å². The van der Waals surface area contributed by atoms with Gasteiger partial charge < -0.3 is 10.1 Å². The summed E-state index contributed by atoms with van der Waals surface area (Å²) in [5.74, 6) is 0.938. The second-order valence-corrected chi connectivity index (χ2v) is 3.51. The molecular weight excluding hydrogens is 182 g/mol. The van der Waals surface area contributed by atoms with E-state index in [2.05, 4.69) is 23.7 Å². The van der Waals surface area contributed by atoms with Crippen molar-refractivity contribution in [2.75, 3.05) is 26.5 Å². The fourth-order valence-electron chi connectivity index (χ4n) is 0.943. The van der Waals surface area contributed by atoms with E-state index in [9.17, 15) is 0 Å². The first-order valence-electron chi connectivity index (χ1n) is 4.28. The molecule has 0 saturated heterocycles. The molecule has 0 fully saturated rings. The largest absolute Gasteiger partial charge is 0.492 e. The molecule has 72 valence electrons. The smallest absolute Gasteiger partial charge is 0.119 e. The van der Waals surface area contributed by atoms with Crippen molar-refractivity contribution in [2.24, 2.45) is 0 Å². The van der Waals surface area contributed by atoms with Gasteiger partial charge in [-0.15, -0.1) is 11.8 Å². The maximum atomic E-state index is 5.47. The summed E-state index contributed by atoms with van der Waals surface area (Å²) in [5, 5.41) is 3.03. The highest BCUT2D eigenvalue weighted by atomic mass is 32.2. The highest BCUT2D eigenvalue weighted by Gasteiger charge is 1.93. The van der Waals surface area contributed by atoms with Gasteiger partial charge in [-0.1, -0.05) is 0 Å². The van der Waals surface area contributed by atoms with Gasteiger partial charge in [0.1, 0.15) is 12.4 Å². The van der Waals surface area contributed by atoms with Crippen molar-refractivity contribution in [2.45, 2.75) is 4.90 Å². The molecule has 3 heteroatoms. The minimum absolute atomic E-state index is 0.717. The second kappa shape index (κ2) is 5.89. The molecule has 0 aliphatic heterocycles. The first-order chi connectivity index (χ1) is 6.36. The lowest BCUT2D eigenvalue weighted by atomic mass is 10.3. The molecule has 0 amide bonds. The van der Waals surface area contributed by atoms with Gasteiger partial charge in [0, 0.05) is 11.4 Å². The Kier molecular flexibility index (Phi) is 4.72. The third-order valence-corrected chi connectivity index (χ3v) is 2.42. The van der Waals surface area contributed by atoms with Gasteiger partial charge in [-0.25, -0.2) is 0 Å². The molecule has 1 aromatic rings. The number of ether oxygens (including phenoxy) is 1. The molecule has 0 aliphatic rings. The van der Waals surface area contributed by atoms with E-state index in [-0.39, 0.29) is 0 Å². The summed E-state index contributed by atoms with van der Waals surface area (Å²) in [5.41, 5.74) is 0. The van der Waals surface area contributed by atoms with E-state index >= 15 is 0 Å². The Hall–Kier alpha value is -0.670. The molecule has 0 atom stereocenters. The van der Waals surface area contributed by atoms with Gasteiger partial charge in [-0.05, 0) is 37.6 Å². The number of rotatable bonds is 5. The quantitative estimate of drug-likeness (QED) is 0.576. The number of hydrogen-bond acceptors (Lipinski definition) is 3. The van der Waals surface area contributed by atoms with Gasteiger partial charge >= 0.3 is 0 Å². The molecular formula is C10H15NOS. The van der Waals surface area contributed by atoms with Crippen LogP contribution in [0.25, 0.3) is 0 Å². The molecule has 0 radical (unpaired) electrons. The minimum atomic E-state index is 0.717. The van der Waals surface area contributed by atoms with E-state index in [0.717, 1.165) is 18.9 Å². The molecule has 1 aromatic carbocycles. The zero-order chi connectivity index (χ0) is 9.52. The average molecular weight is 197 g/mol. The molecule has 0 unspecified atom stereocenters. The van der Waals surface area contributed by atoms with Gasteiger partial charge in [0.05, 0.1) is 0 Å². The third kappa shape index (κ3) is 3.70. The van der Waals surface area contributed by atoms with Crippen LogP contribution < -0.4 is 10.1 Å². The summed E-state index contributed by atoms with van der Waals surface area (Å²) >= 11 is 1.74. The maximum Gasteiger partial charge on any atom is 0.119 e. The third-order valence-electron chi connectivity index (χ3n) is 1.68. The lowest BCUT2D eigenvalue weighted by Crippen LogP contribution is -2.15. The van der Waals surface area contributed by atoms with Gasteiger partial charge in [-0.3, -0.25) is 0 Å². The van der Waals surface area contributed by atoms with Crippen LogP contribution in [-0.4, -0.2) is 26.5 Å². The molecule has 0 bridgehead atoms. The Balaban J connectivity index is 2.40. The lowest BCUT2D eigenvalue weighted by Gasteiger charge is -2.05. The van der Waals surface area contributed by atoms with Crippen LogP contribution in [0.2, 0.25) is 0 Å². The zero-order valence-electron chi connectivity index (χ0n) is 8.04. The van der Waals surface area contributed by atoms with E-state index in [1.807, 2.05) is 19.2 Å². The van der Waals surface area contributed by atoms with Crippen LogP contribution in [0.4, 0.5) is 0 Å². The van der Waals surface area contributed by atoms with Crippen LogP contribution in [0.5, 0.6) is 5.75 Å². The molecule has 2 nitrogen and oxygen atoms in total. The van der Waals surface area contributed by atoms with Crippen molar-refractivity contribution < 1.29 is 4.74 Å². The van der Waals surface area contributed by atoms with Gasteiger partial charge in [0.2, 0.25) is 0 Å². The predicted octanol–water partition coefficient (Wildman–Crippen LogP) is 2.01. The summed E-state index contributed by atoms with van der Waals surface area (Å²) in [6, 6.07) is 8.14. The molecule has 0 aromatic heterocycles. The van der Waals surface area contributed by atoms with Crippen molar-refractivity contribution in [3.05, 3.63) is 24.3 Å². The lowest BCUT2D eigenvalue weighted by molar-refractivity contribution is 0.318. The average Bonchev–Trinajstić information content (AvgIpc) is 2.19. The van der Waals surface area contributed by atoms with Gasteiger partial charge in [-0.2, -0.15) is 0 Å². The van der Waals surface area contributed by atoms with Gasteiger partial charge in [0.25, 0.3) is 0 Å². The van der Waals surface area contributed by atoms with Crippen LogP contribution in [0.3, 0.4) is 0 Å². The topological polar surface area (TPSA) is 21.3 Å². The molecule has 1 rings (SSSR count). The molecule has 0 heterocycles. The van der Waals surface area contributed by atoms with Crippen molar-refractivity contribution in [3.8, 4) is 5.75 Å². The fraction of sp³-hybridized carbons (Fsp3) is 0.400. The summed E-state index contributed by atoms with van der Waals surface area (Å²) in [6.45, 7) is 1.60.